The van der Waals surface area contributed by atoms with Crippen LogP contribution in [0.25, 0.3) is 0 Å². The standard InChI is InChI=1S/C17H16N2O4/c1-10(20)13-7-12(3-4-14(13)18)17(21)19-8-11-2-5-15-16(6-11)23-9-22-15/h2-7H,8-9,18H2,1H3,(H,19,21). The molecule has 1 aliphatic rings. The van der Waals surface area contributed by atoms with Crippen LogP contribution in [0.3, 0.4) is 0 Å². The van der Waals surface area contributed by atoms with Gasteiger partial charge in [-0.3, -0.25) is 9.59 Å². The first kappa shape index (κ1) is 14.9. The summed E-state index contributed by atoms with van der Waals surface area (Å²) in [5.74, 6) is 0.922. The molecule has 6 nitrogen and oxygen atoms in total. The molecular formula is C17H16N2O4. The smallest absolute Gasteiger partial charge is 0.251 e. The zero-order valence-electron chi connectivity index (χ0n) is 12.6. The van der Waals surface area contributed by atoms with Crippen molar-refractivity contribution in [2.24, 2.45) is 0 Å². The topological polar surface area (TPSA) is 90.7 Å². The molecule has 0 fully saturated rings. The van der Waals surface area contributed by atoms with E-state index >= 15 is 0 Å². The fraction of sp³-hybridized carbons (Fsp3) is 0.176. The number of ketones is 1. The molecular weight excluding hydrogens is 296 g/mol. The van der Waals surface area contributed by atoms with Crippen LogP contribution in [0.4, 0.5) is 5.69 Å². The number of nitrogens with one attached hydrogen (secondary N) is 1. The van der Waals surface area contributed by atoms with Crippen molar-refractivity contribution in [2.75, 3.05) is 12.5 Å². The monoisotopic (exact) mass is 312 g/mol. The highest BCUT2D eigenvalue weighted by Crippen LogP contribution is 2.32. The number of rotatable bonds is 4. The van der Waals surface area contributed by atoms with E-state index in [4.69, 9.17) is 15.2 Å². The fourth-order valence-corrected chi connectivity index (χ4v) is 2.34. The molecule has 1 aliphatic heterocycles. The molecule has 23 heavy (non-hydrogen) atoms. The second-order valence-electron chi connectivity index (χ2n) is 5.23. The first-order valence-electron chi connectivity index (χ1n) is 7.12. The Labute approximate surface area is 133 Å². The molecule has 0 saturated heterocycles. The van der Waals surface area contributed by atoms with Crippen molar-refractivity contribution >= 4 is 17.4 Å². The van der Waals surface area contributed by atoms with Crippen LogP contribution in [0.5, 0.6) is 11.5 Å². The number of ether oxygens (including phenoxy) is 2. The zero-order valence-corrected chi connectivity index (χ0v) is 12.6. The van der Waals surface area contributed by atoms with Gasteiger partial charge < -0.3 is 20.5 Å². The zero-order chi connectivity index (χ0) is 16.4. The number of carbonyl (C=O) groups is 2. The van der Waals surface area contributed by atoms with Crippen LogP contribution in [0, 0.1) is 0 Å². The van der Waals surface area contributed by atoms with Gasteiger partial charge in [-0.1, -0.05) is 6.07 Å². The van der Waals surface area contributed by atoms with E-state index in [1.54, 1.807) is 18.2 Å². The molecule has 0 bridgehead atoms. The van der Waals surface area contributed by atoms with Gasteiger partial charge >= 0.3 is 0 Å². The number of nitrogen functional groups attached to an aromatic ring is 1. The summed E-state index contributed by atoms with van der Waals surface area (Å²) in [6.07, 6.45) is 0. The molecule has 2 aromatic carbocycles. The molecule has 1 heterocycles. The number of Topliss-reactive ketones (excluding diaryl/α,β-unsaturated/α-hetero) is 1. The number of carbonyl (C=O) groups excluding carboxylic acids is 2. The third-order valence-electron chi connectivity index (χ3n) is 3.58. The molecule has 0 unspecified atom stereocenters. The molecule has 0 atom stereocenters. The Hall–Kier alpha value is -3.02. The Bertz CT molecular complexity index is 786. The summed E-state index contributed by atoms with van der Waals surface area (Å²) in [5.41, 5.74) is 7.73. The average molecular weight is 312 g/mol. The highest BCUT2D eigenvalue weighted by Gasteiger charge is 2.14. The van der Waals surface area contributed by atoms with Crippen molar-refractivity contribution < 1.29 is 19.1 Å². The highest BCUT2D eigenvalue weighted by atomic mass is 16.7. The summed E-state index contributed by atoms with van der Waals surface area (Å²) in [6, 6.07) is 10.2. The molecule has 0 aliphatic carbocycles. The first-order chi connectivity index (χ1) is 11.0. The highest BCUT2D eigenvalue weighted by molar-refractivity contribution is 6.03. The van der Waals surface area contributed by atoms with Gasteiger partial charge in [0.25, 0.3) is 5.91 Å². The third-order valence-corrected chi connectivity index (χ3v) is 3.58. The van der Waals surface area contributed by atoms with Gasteiger partial charge in [-0.15, -0.1) is 0 Å². The predicted octanol–water partition coefficient (Wildman–Crippen LogP) is 2.13. The second-order valence-corrected chi connectivity index (χ2v) is 5.23. The van der Waals surface area contributed by atoms with E-state index < -0.39 is 0 Å². The van der Waals surface area contributed by atoms with Gasteiger partial charge in [0.1, 0.15) is 0 Å². The third kappa shape index (κ3) is 3.11. The lowest BCUT2D eigenvalue weighted by Gasteiger charge is -2.08. The quantitative estimate of drug-likeness (QED) is 0.666. The Kier molecular flexibility index (Phi) is 3.89. The number of fused-ring (bicyclic) bond motifs is 1. The van der Waals surface area contributed by atoms with E-state index in [2.05, 4.69) is 5.32 Å². The number of hydrogen-bond acceptors (Lipinski definition) is 5. The number of anilines is 1. The largest absolute Gasteiger partial charge is 0.454 e. The Morgan fingerprint density at radius 2 is 1.91 bits per heavy atom. The summed E-state index contributed by atoms with van der Waals surface area (Å²) in [4.78, 5) is 23.7. The van der Waals surface area contributed by atoms with E-state index in [1.807, 2.05) is 12.1 Å². The maximum atomic E-state index is 12.2. The van der Waals surface area contributed by atoms with Crippen LogP contribution in [0.1, 0.15) is 33.2 Å². The van der Waals surface area contributed by atoms with Crippen molar-refractivity contribution in [1.29, 1.82) is 0 Å². The van der Waals surface area contributed by atoms with Gasteiger partial charge in [-0.2, -0.15) is 0 Å². The van der Waals surface area contributed by atoms with Crippen LogP contribution in [-0.4, -0.2) is 18.5 Å². The van der Waals surface area contributed by atoms with Crippen LogP contribution in [0.15, 0.2) is 36.4 Å². The Morgan fingerprint density at radius 3 is 2.70 bits per heavy atom. The minimum absolute atomic E-state index is 0.173. The molecule has 1 amide bonds. The van der Waals surface area contributed by atoms with Gasteiger partial charge in [0.2, 0.25) is 6.79 Å². The van der Waals surface area contributed by atoms with Crippen LogP contribution in [0.2, 0.25) is 0 Å². The molecule has 2 aromatic rings. The SMILES string of the molecule is CC(=O)c1cc(C(=O)NCc2ccc3c(c2)OCO3)ccc1N. The van der Waals surface area contributed by atoms with E-state index in [-0.39, 0.29) is 18.5 Å². The van der Waals surface area contributed by atoms with Crippen molar-refractivity contribution in [2.45, 2.75) is 13.5 Å². The Morgan fingerprint density at radius 1 is 1.13 bits per heavy atom. The lowest BCUT2D eigenvalue weighted by Crippen LogP contribution is -2.23. The molecule has 6 heteroatoms. The Balaban J connectivity index is 1.70. The first-order valence-corrected chi connectivity index (χ1v) is 7.12. The van der Waals surface area contributed by atoms with Crippen LogP contribution in [-0.2, 0) is 6.54 Å². The van der Waals surface area contributed by atoms with Crippen molar-refractivity contribution in [3.63, 3.8) is 0 Å². The molecule has 0 saturated carbocycles. The molecule has 3 N–H and O–H groups in total. The fourth-order valence-electron chi connectivity index (χ4n) is 2.34. The van der Waals surface area contributed by atoms with Gasteiger partial charge in [-0.25, -0.2) is 0 Å². The summed E-state index contributed by atoms with van der Waals surface area (Å²) in [7, 11) is 0. The van der Waals surface area contributed by atoms with Crippen molar-refractivity contribution in [1.82, 2.24) is 5.32 Å². The molecule has 0 aromatic heterocycles. The van der Waals surface area contributed by atoms with Crippen LogP contribution < -0.4 is 20.5 Å². The van der Waals surface area contributed by atoms with E-state index in [0.717, 1.165) is 5.56 Å². The normalized spacial score (nSPS) is 12.0. The van der Waals surface area contributed by atoms with Gasteiger partial charge in [-0.05, 0) is 42.8 Å². The van der Waals surface area contributed by atoms with E-state index in [9.17, 15) is 9.59 Å². The minimum Gasteiger partial charge on any atom is -0.454 e. The summed E-state index contributed by atoms with van der Waals surface area (Å²) in [6.45, 7) is 1.97. The van der Waals surface area contributed by atoms with Gasteiger partial charge in [0.15, 0.2) is 17.3 Å². The van der Waals surface area contributed by atoms with Gasteiger partial charge in [0, 0.05) is 23.4 Å². The summed E-state index contributed by atoms with van der Waals surface area (Å²) in [5, 5.41) is 2.80. The molecule has 0 spiro atoms. The lowest BCUT2D eigenvalue weighted by atomic mass is 10.1. The van der Waals surface area contributed by atoms with E-state index in [0.29, 0.717) is 34.9 Å². The lowest BCUT2D eigenvalue weighted by molar-refractivity contribution is 0.0951. The number of hydrogen-bond donors (Lipinski definition) is 2. The average Bonchev–Trinajstić information content (AvgIpc) is 3.00. The van der Waals surface area contributed by atoms with Gasteiger partial charge in [0.05, 0.1) is 0 Å². The second kappa shape index (κ2) is 6.00. The number of nitrogens with two attached hydrogens (primary N) is 1. The molecule has 0 radical (unpaired) electrons. The number of amides is 1. The summed E-state index contributed by atoms with van der Waals surface area (Å²) < 4.78 is 10.5. The number of benzene rings is 2. The molecule has 3 rings (SSSR count). The minimum atomic E-state index is -0.273. The predicted molar refractivity (Wildman–Crippen MR) is 84.6 cm³/mol. The maximum absolute atomic E-state index is 12.2. The van der Waals surface area contributed by atoms with Crippen molar-refractivity contribution in [3.05, 3.63) is 53.1 Å². The molecule has 118 valence electrons. The maximum Gasteiger partial charge on any atom is 0.251 e. The summed E-state index contributed by atoms with van der Waals surface area (Å²) >= 11 is 0. The van der Waals surface area contributed by atoms with E-state index in [1.165, 1.54) is 13.0 Å². The van der Waals surface area contributed by atoms with Crippen LogP contribution >= 0.6 is 0 Å². The van der Waals surface area contributed by atoms with Crippen molar-refractivity contribution in [3.8, 4) is 11.5 Å².